The van der Waals surface area contributed by atoms with E-state index in [1.54, 1.807) is 14.0 Å². The smallest absolute Gasteiger partial charge is 0.241 e. The van der Waals surface area contributed by atoms with Crippen LogP contribution in [0.1, 0.15) is 18.5 Å². The number of halogens is 2. The van der Waals surface area contributed by atoms with Crippen molar-refractivity contribution in [3.8, 4) is 0 Å². The number of carbonyl (C=O) groups excluding carboxylic acids is 2. The van der Waals surface area contributed by atoms with Crippen molar-refractivity contribution in [3.05, 3.63) is 35.4 Å². The molecule has 2 amide bonds. The first-order valence-electron chi connectivity index (χ1n) is 6.62. The monoisotopic (exact) mass is 297 g/mol. The fraction of sp³-hybridized carbons (Fsp3) is 0.429. The summed E-state index contributed by atoms with van der Waals surface area (Å²) >= 11 is 0. The average Bonchev–Trinajstić information content (AvgIpc) is 2.48. The van der Waals surface area contributed by atoms with Crippen LogP contribution >= 0.6 is 0 Å². The van der Waals surface area contributed by atoms with Crippen LogP contribution in [0.2, 0.25) is 0 Å². The van der Waals surface area contributed by atoms with Crippen molar-refractivity contribution in [2.24, 2.45) is 0 Å². The van der Waals surface area contributed by atoms with Gasteiger partial charge in [0.05, 0.1) is 12.6 Å². The molecule has 1 saturated heterocycles. The number of carbonyl (C=O) groups is 2. The molecule has 2 unspecified atom stereocenters. The molecule has 0 radical (unpaired) electrons. The molecular formula is C14H17F2N3O2. The maximum Gasteiger partial charge on any atom is 0.241 e. The molecule has 21 heavy (non-hydrogen) atoms. The molecule has 1 aromatic rings. The van der Waals surface area contributed by atoms with Crippen LogP contribution in [0.3, 0.4) is 0 Å². The van der Waals surface area contributed by atoms with E-state index in [0.29, 0.717) is 5.56 Å². The summed E-state index contributed by atoms with van der Waals surface area (Å²) in [5.41, 5.74) is 0.504. The van der Waals surface area contributed by atoms with Gasteiger partial charge in [0, 0.05) is 13.6 Å². The summed E-state index contributed by atoms with van der Waals surface area (Å²) in [5.74, 6) is -2.23. The zero-order chi connectivity index (χ0) is 15.6. The fourth-order valence-electron chi connectivity index (χ4n) is 2.17. The summed E-state index contributed by atoms with van der Waals surface area (Å²) in [6, 6.07) is 2.65. The summed E-state index contributed by atoms with van der Waals surface area (Å²) in [5, 5.41) is 5.44. The Morgan fingerprint density at radius 3 is 2.67 bits per heavy atom. The quantitative estimate of drug-likeness (QED) is 0.857. The lowest BCUT2D eigenvalue weighted by Gasteiger charge is -2.31. The minimum Gasteiger partial charge on any atom is -0.353 e. The molecule has 1 aromatic carbocycles. The molecule has 0 saturated carbocycles. The summed E-state index contributed by atoms with van der Waals surface area (Å²) < 4.78 is 26.2. The van der Waals surface area contributed by atoms with E-state index in [9.17, 15) is 18.4 Å². The number of nitrogens with zero attached hydrogens (tertiary/aromatic N) is 1. The Labute approximate surface area is 121 Å². The largest absolute Gasteiger partial charge is 0.353 e. The number of benzene rings is 1. The second-order valence-electron chi connectivity index (χ2n) is 5.04. The molecule has 5 nitrogen and oxygen atoms in total. The molecule has 7 heteroatoms. The lowest BCUT2D eigenvalue weighted by Crippen LogP contribution is -2.58. The Morgan fingerprint density at radius 2 is 2.10 bits per heavy atom. The van der Waals surface area contributed by atoms with E-state index in [0.717, 1.165) is 12.1 Å². The second kappa shape index (κ2) is 6.17. The highest BCUT2D eigenvalue weighted by atomic mass is 19.2. The molecule has 1 aliphatic heterocycles. The minimum atomic E-state index is -0.941. The molecule has 2 rings (SSSR count). The first-order chi connectivity index (χ1) is 9.90. The van der Waals surface area contributed by atoms with Crippen molar-refractivity contribution in [2.45, 2.75) is 19.0 Å². The third kappa shape index (κ3) is 3.36. The van der Waals surface area contributed by atoms with Crippen LogP contribution < -0.4 is 10.6 Å². The van der Waals surface area contributed by atoms with Gasteiger partial charge in [-0.25, -0.2) is 8.78 Å². The van der Waals surface area contributed by atoms with Gasteiger partial charge in [-0.1, -0.05) is 6.07 Å². The first kappa shape index (κ1) is 15.4. The second-order valence-corrected chi connectivity index (χ2v) is 5.04. The number of amides is 2. The van der Waals surface area contributed by atoms with Crippen molar-refractivity contribution in [1.29, 1.82) is 0 Å². The highest BCUT2D eigenvalue weighted by Crippen LogP contribution is 2.21. The van der Waals surface area contributed by atoms with Gasteiger partial charge in [0.15, 0.2) is 11.6 Å². The summed E-state index contributed by atoms with van der Waals surface area (Å²) in [6.45, 7) is 2.03. The van der Waals surface area contributed by atoms with Crippen LogP contribution in [0.15, 0.2) is 18.2 Å². The predicted octanol–water partition coefficient (Wildman–Crippen LogP) is 0.572. The van der Waals surface area contributed by atoms with Gasteiger partial charge >= 0.3 is 0 Å². The first-order valence-corrected chi connectivity index (χ1v) is 6.62. The Balaban J connectivity index is 2.07. The molecule has 1 fully saturated rings. The van der Waals surface area contributed by atoms with Gasteiger partial charge in [-0.2, -0.15) is 0 Å². The van der Waals surface area contributed by atoms with Crippen LogP contribution in [0, 0.1) is 11.6 Å². The maximum absolute atomic E-state index is 13.3. The molecule has 0 spiro atoms. The number of piperazine rings is 1. The highest BCUT2D eigenvalue weighted by molar-refractivity contribution is 5.86. The molecule has 0 bridgehead atoms. The molecular weight excluding hydrogens is 280 g/mol. The van der Waals surface area contributed by atoms with E-state index in [4.69, 9.17) is 0 Å². The lowest BCUT2D eigenvalue weighted by atomic mass is 10.1. The van der Waals surface area contributed by atoms with Crippen LogP contribution in [-0.2, 0) is 9.59 Å². The third-order valence-corrected chi connectivity index (χ3v) is 3.67. The molecule has 0 aromatic heterocycles. The number of rotatable bonds is 3. The number of likely N-dealkylation sites (N-methyl/N-ethyl adjacent to an activating group) is 1. The Morgan fingerprint density at radius 1 is 1.38 bits per heavy atom. The molecule has 0 aliphatic carbocycles. The molecule has 1 heterocycles. The van der Waals surface area contributed by atoms with Gasteiger partial charge in [0.2, 0.25) is 11.8 Å². The lowest BCUT2D eigenvalue weighted by molar-refractivity contribution is -0.135. The molecule has 114 valence electrons. The number of hydrogen-bond acceptors (Lipinski definition) is 3. The Kier molecular flexibility index (Phi) is 4.52. The average molecular weight is 297 g/mol. The number of hydrogen-bond donors (Lipinski definition) is 2. The maximum atomic E-state index is 13.3. The van der Waals surface area contributed by atoms with Crippen molar-refractivity contribution < 1.29 is 18.4 Å². The minimum absolute atomic E-state index is 0.0871. The van der Waals surface area contributed by atoms with E-state index in [-0.39, 0.29) is 24.9 Å². The van der Waals surface area contributed by atoms with E-state index >= 15 is 0 Å². The van der Waals surface area contributed by atoms with E-state index in [1.165, 1.54) is 11.0 Å². The van der Waals surface area contributed by atoms with Gasteiger partial charge in [-0.3, -0.25) is 14.9 Å². The molecule has 1 aliphatic rings. The summed E-state index contributed by atoms with van der Waals surface area (Å²) in [4.78, 5) is 24.8. The van der Waals surface area contributed by atoms with Crippen molar-refractivity contribution in [3.63, 3.8) is 0 Å². The predicted molar refractivity (Wildman–Crippen MR) is 72.3 cm³/mol. The van der Waals surface area contributed by atoms with Crippen LogP contribution in [0.4, 0.5) is 8.78 Å². The third-order valence-electron chi connectivity index (χ3n) is 3.67. The zero-order valence-corrected chi connectivity index (χ0v) is 11.8. The molecule has 2 N–H and O–H groups in total. The van der Waals surface area contributed by atoms with Gasteiger partial charge < -0.3 is 10.2 Å². The zero-order valence-electron chi connectivity index (χ0n) is 11.8. The van der Waals surface area contributed by atoms with E-state index in [1.807, 2.05) is 0 Å². The van der Waals surface area contributed by atoms with Gasteiger partial charge in [0.1, 0.15) is 6.04 Å². The van der Waals surface area contributed by atoms with Crippen molar-refractivity contribution in [1.82, 2.24) is 15.5 Å². The van der Waals surface area contributed by atoms with Crippen molar-refractivity contribution in [2.75, 3.05) is 20.1 Å². The van der Waals surface area contributed by atoms with E-state index in [2.05, 4.69) is 10.6 Å². The summed E-state index contributed by atoms with van der Waals surface area (Å²) in [6.07, 6.45) is 0. The standard InChI is InChI=1S/C14H17F2N3O2/c1-8(9-3-4-10(15)11(16)5-9)19(2)14(21)12-6-18-13(20)7-17-12/h3-5,8,12,17H,6-7H2,1-2H3,(H,18,20). The van der Waals surface area contributed by atoms with Crippen LogP contribution in [0.25, 0.3) is 0 Å². The van der Waals surface area contributed by atoms with Crippen LogP contribution in [0.5, 0.6) is 0 Å². The summed E-state index contributed by atoms with van der Waals surface area (Å²) in [7, 11) is 1.59. The van der Waals surface area contributed by atoms with Crippen molar-refractivity contribution >= 4 is 11.8 Å². The SMILES string of the molecule is CC(c1ccc(F)c(F)c1)N(C)C(=O)C1CNC(=O)CN1. The van der Waals surface area contributed by atoms with Gasteiger partial charge in [-0.05, 0) is 24.6 Å². The topological polar surface area (TPSA) is 61.4 Å². The van der Waals surface area contributed by atoms with Crippen LogP contribution in [-0.4, -0.2) is 42.9 Å². The normalized spacial score (nSPS) is 19.8. The molecule has 2 atom stereocenters. The fourth-order valence-corrected chi connectivity index (χ4v) is 2.17. The highest BCUT2D eigenvalue weighted by Gasteiger charge is 2.28. The Bertz CT molecular complexity index is 555. The van der Waals surface area contributed by atoms with Gasteiger partial charge in [0.25, 0.3) is 0 Å². The Hall–Kier alpha value is -2.02. The number of nitrogens with one attached hydrogen (secondary N) is 2. The van der Waals surface area contributed by atoms with Gasteiger partial charge in [-0.15, -0.1) is 0 Å². The van der Waals surface area contributed by atoms with E-state index < -0.39 is 23.7 Å².